The molecule has 68 valence electrons. The topological polar surface area (TPSA) is 29.5 Å². The monoisotopic (exact) mass is 184 g/mol. The summed E-state index contributed by atoms with van der Waals surface area (Å²) in [4.78, 5) is 0. The lowest BCUT2D eigenvalue weighted by Gasteiger charge is -2.04. The summed E-state index contributed by atoms with van der Waals surface area (Å²) in [6.45, 7) is 1.36. The van der Waals surface area contributed by atoms with Crippen molar-refractivity contribution in [3.8, 4) is 0 Å². The lowest BCUT2D eigenvalue weighted by molar-refractivity contribution is 0.272. The number of fused-ring (bicyclic) bond motifs is 1. The molecule has 0 fully saturated rings. The summed E-state index contributed by atoms with van der Waals surface area (Å²) in [5, 5.41) is 9.17. The molecule has 0 bridgehead atoms. The van der Waals surface area contributed by atoms with Crippen molar-refractivity contribution in [3.05, 3.63) is 28.8 Å². The third kappa shape index (κ3) is 1.15. The van der Waals surface area contributed by atoms with Crippen molar-refractivity contribution in [2.45, 2.75) is 13.5 Å². The molecule has 13 heavy (non-hydrogen) atoms. The second-order valence-electron chi connectivity index (χ2n) is 3.03. The summed E-state index contributed by atoms with van der Waals surface area (Å²) in [6.07, 6.45) is 0. The van der Waals surface area contributed by atoms with Crippen LogP contribution >= 0.6 is 0 Å². The predicted octanol–water partition coefficient (Wildman–Crippen LogP) is 0.491. The fourth-order valence-corrected chi connectivity index (χ4v) is 1.41. The maximum atomic E-state index is 13.3. The van der Waals surface area contributed by atoms with Crippen LogP contribution in [0.2, 0.25) is 0 Å². The van der Waals surface area contributed by atoms with E-state index in [-0.39, 0.29) is 23.2 Å². The molecule has 2 rings (SSSR count). The third-order valence-corrected chi connectivity index (χ3v) is 2.23. The molecule has 1 aromatic rings. The standard InChI is InChI=1S/C8H7BF2O2/c1-4-7(10)2-6-5(8(4)11)3-13-9(6)12/h2,12H,3H2,1H3. The van der Waals surface area contributed by atoms with Crippen LogP contribution < -0.4 is 5.46 Å². The van der Waals surface area contributed by atoms with Crippen LogP contribution in [0.5, 0.6) is 0 Å². The van der Waals surface area contributed by atoms with Gasteiger partial charge in [-0.1, -0.05) is 0 Å². The summed E-state index contributed by atoms with van der Waals surface area (Å²) in [5.41, 5.74) is 0.420. The molecule has 5 heteroatoms. The summed E-state index contributed by atoms with van der Waals surface area (Å²) in [6, 6.07) is 1.12. The molecule has 0 atom stereocenters. The SMILES string of the molecule is Cc1c(F)cc2c(c1F)COB2O. The van der Waals surface area contributed by atoms with Gasteiger partial charge in [-0.3, -0.25) is 0 Å². The summed E-state index contributed by atoms with van der Waals surface area (Å²) in [7, 11) is -1.19. The molecule has 0 amide bonds. The van der Waals surface area contributed by atoms with Gasteiger partial charge in [-0.25, -0.2) is 8.78 Å². The number of hydrogen-bond donors (Lipinski definition) is 1. The van der Waals surface area contributed by atoms with Crippen LogP contribution in [0.15, 0.2) is 6.07 Å². The van der Waals surface area contributed by atoms with Gasteiger partial charge in [0.05, 0.1) is 6.61 Å². The van der Waals surface area contributed by atoms with Gasteiger partial charge in [-0.2, -0.15) is 0 Å². The predicted molar refractivity (Wildman–Crippen MR) is 43.5 cm³/mol. The fourth-order valence-electron chi connectivity index (χ4n) is 1.41. The van der Waals surface area contributed by atoms with Crippen molar-refractivity contribution in [1.29, 1.82) is 0 Å². The van der Waals surface area contributed by atoms with Crippen LogP contribution in [0.3, 0.4) is 0 Å². The lowest BCUT2D eigenvalue weighted by atomic mass is 9.79. The average Bonchev–Trinajstić information content (AvgIpc) is 2.45. The van der Waals surface area contributed by atoms with E-state index in [2.05, 4.69) is 0 Å². The average molecular weight is 184 g/mol. The van der Waals surface area contributed by atoms with Gasteiger partial charge < -0.3 is 9.68 Å². The number of rotatable bonds is 0. The molecule has 1 heterocycles. The Labute approximate surface area is 74.3 Å². The molecule has 1 aliphatic rings. The molecule has 0 aliphatic carbocycles. The Kier molecular flexibility index (Phi) is 1.85. The molecule has 0 unspecified atom stereocenters. The Morgan fingerprint density at radius 3 is 2.92 bits per heavy atom. The van der Waals surface area contributed by atoms with Gasteiger partial charge in [0, 0.05) is 11.1 Å². The van der Waals surface area contributed by atoms with Crippen molar-refractivity contribution in [1.82, 2.24) is 0 Å². The minimum atomic E-state index is -1.19. The van der Waals surface area contributed by atoms with Gasteiger partial charge in [-0.15, -0.1) is 0 Å². The highest BCUT2D eigenvalue weighted by molar-refractivity contribution is 6.61. The zero-order chi connectivity index (χ0) is 9.59. The first kappa shape index (κ1) is 8.65. The highest BCUT2D eigenvalue weighted by Crippen LogP contribution is 2.19. The molecule has 1 aromatic carbocycles. The Hall–Kier alpha value is -0.935. The molecule has 0 aromatic heterocycles. The van der Waals surface area contributed by atoms with Crippen molar-refractivity contribution < 1.29 is 18.5 Å². The maximum Gasteiger partial charge on any atom is 0.491 e. The quantitative estimate of drug-likeness (QED) is 0.594. The Balaban J connectivity index is 2.67. The molecule has 0 saturated carbocycles. The van der Waals surface area contributed by atoms with Gasteiger partial charge in [0.25, 0.3) is 0 Å². The molecule has 2 nitrogen and oxygen atoms in total. The van der Waals surface area contributed by atoms with E-state index in [1.807, 2.05) is 0 Å². The van der Waals surface area contributed by atoms with E-state index in [4.69, 9.17) is 9.68 Å². The van der Waals surface area contributed by atoms with Crippen LogP contribution in [0.25, 0.3) is 0 Å². The normalized spacial score (nSPS) is 14.9. The smallest absolute Gasteiger partial charge is 0.423 e. The molecule has 0 radical (unpaired) electrons. The van der Waals surface area contributed by atoms with Crippen molar-refractivity contribution >= 4 is 12.6 Å². The van der Waals surface area contributed by atoms with E-state index in [1.165, 1.54) is 6.92 Å². The highest BCUT2D eigenvalue weighted by atomic mass is 19.1. The Bertz CT molecular complexity index is 368. The van der Waals surface area contributed by atoms with Crippen LogP contribution in [0.1, 0.15) is 11.1 Å². The van der Waals surface area contributed by atoms with E-state index >= 15 is 0 Å². The van der Waals surface area contributed by atoms with E-state index in [9.17, 15) is 8.78 Å². The minimum Gasteiger partial charge on any atom is -0.423 e. The zero-order valence-electron chi connectivity index (χ0n) is 6.97. The number of benzene rings is 1. The lowest BCUT2D eigenvalue weighted by Crippen LogP contribution is -2.29. The molecular formula is C8H7BF2O2. The van der Waals surface area contributed by atoms with Gasteiger partial charge in [0.1, 0.15) is 11.6 Å². The van der Waals surface area contributed by atoms with Crippen LogP contribution in [0, 0.1) is 18.6 Å². The number of halogens is 2. The molecule has 1 aliphatic heterocycles. The van der Waals surface area contributed by atoms with Gasteiger partial charge in [-0.05, 0) is 18.5 Å². The first-order chi connectivity index (χ1) is 6.11. The van der Waals surface area contributed by atoms with Gasteiger partial charge in [0.2, 0.25) is 0 Å². The minimum absolute atomic E-state index is 0.00343. The first-order valence-corrected chi connectivity index (χ1v) is 3.88. The van der Waals surface area contributed by atoms with Crippen molar-refractivity contribution in [2.75, 3.05) is 0 Å². The molecule has 0 spiro atoms. The van der Waals surface area contributed by atoms with E-state index in [0.717, 1.165) is 6.07 Å². The van der Waals surface area contributed by atoms with Crippen LogP contribution in [-0.2, 0) is 11.3 Å². The van der Waals surface area contributed by atoms with E-state index in [0.29, 0.717) is 0 Å². The van der Waals surface area contributed by atoms with Gasteiger partial charge in [0.15, 0.2) is 0 Å². The van der Waals surface area contributed by atoms with Gasteiger partial charge >= 0.3 is 7.12 Å². The van der Waals surface area contributed by atoms with Crippen molar-refractivity contribution in [2.24, 2.45) is 0 Å². The highest BCUT2D eigenvalue weighted by Gasteiger charge is 2.31. The summed E-state index contributed by atoms with van der Waals surface area (Å²) >= 11 is 0. The fraction of sp³-hybridized carbons (Fsp3) is 0.250. The van der Waals surface area contributed by atoms with E-state index < -0.39 is 18.8 Å². The summed E-state index contributed by atoms with van der Waals surface area (Å²) < 4.78 is 31.1. The summed E-state index contributed by atoms with van der Waals surface area (Å²) in [5.74, 6) is -1.27. The number of hydrogen-bond acceptors (Lipinski definition) is 2. The second-order valence-corrected chi connectivity index (χ2v) is 3.03. The maximum absolute atomic E-state index is 13.3. The molecule has 1 N–H and O–H groups in total. The first-order valence-electron chi connectivity index (χ1n) is 3.88. The second kappa shape index (κ2) is 2.78. The largest absolute Gasteiger partial charge is 0.491 e. The molecule has 0 saturated heterocycles. The van der Waals surface area contributed by atoms with E-state index in [1.54, 1.807) is 0 Å². The Morgan fingerprint density at radius 2 is 2.23 bits per heavy atom. The zero-order valence-corrected chi connectivity index (χ0v) is 6.97. The van der Waals surface area contributed by atoms with Crippen molar-refractivity contribution in [3.63, 3.8) is 0 Å². The van der Waals surface area contributed by atoms with Crippen LogP contribution in [0.4, 0.5) is 8.78 Å². The third-order valence-electron chi connectivity index (χ3n) is 2.23. The van der Waals surface area contributed by atoms with Crippen LogP contribution in [-0.4, -0.2) is 12.1 Å². The Morgan fingerprint density at radius 1 is 1.54 bits per heavy atom. The molecular weight excluding hydrogens is 177 g/mol.